The van der Waals surface area contributed by atoms with Crippen molar-refractivity contribution in [3.05, 3.63) is 58.6 Å². The molecule has 1 aromatic heterocycles. The van der Waals surface area contributed by atoms with Crippen LogP contribution < -0.4 is 4.90 Å². The lowest BCUT2D eigenvalue weighted by Gasteiger charge is -2.21. The molecule has 0 unspecified atom stereocenters. The zero-order chi connectivity index (χ0) is 19.6. The summed E-state index contributed by atoms with van der Waals surface area (Å²) < 4.78 is 27.9. The highest BCUT2D eigenvalue weighted by Gasteiger charge is 2.22. The van der Waals surface area contributed by atoms with E-state index in [0.717, 1.165) is 23.9 Å². The van der Waals surface area contributed by atoms with Crippen LogP contribution in [-0.4, -0.2) is 43.0 Å². The van der Waals surface area contributed by atoms with E-state index in [0.29, 0.717) is 33.4 Å². The van der Waals surface area contributed by atoms with Crippen molar-refractivity contribution in [1.82, 2.24) is 9.88 Å². The Bertz CT molecular complexity index is 964. The molecule has 0 aliphatic carbocycles. The topological polar surface area (TPSA) is 36.4 Å². The van der Waals surface area contributed by atoms with Gasteiger partial charge in [0.25, 0.3) is 5.91 Å². The van der Waals surface area contributed by atoms with E-state index in [-0.39, 0.29) is 23.8 Å². The minimum absolute atomic E-state index is 0. The second-order valence-corrected chi connectivity index (χ2v) is 7.80. The lowest BCUT2D eigenvalue weighted by molar-refractivity contribution is 0.0986. The summed E-state index contributed by atoms with van der Waals surface area (Å²) >= 11 is 6.99. The highest BCUT2D eigenvalue weighted by atomic mass is 35.5. The van der Waals surface area contributed by atoms with Crippen molar-refractivity contribution in [2.24, 2.45) is 0 Å². The first-order chi connectivity index (χ1) is 12.8. The van der Waals surface area contributed by atoms with Crippen LogP contribution in [0, 0.1) is 11.6 Å². The molecule has 0 fully saturated rings. The van der Waals surface area contributed by atoms with Gasteiger partial charge in [-0.1, -0.05) is 22.9 Å². The largest absolute Gasteiger partial charge is 0.309 e. The van der Waals surface area contributed by atoms with Gasteiger partial charge in [-0.25, -0.2) is 13.8 Å². The molecule has 0 radical (unpaired) electrons. The van der Waals surface area contributed by atoms with Crippen LogP contribution in [-0.2, 0) is 0 Å². The summed E-state index contributed by atoms with van der Waals surface area (Å²) in [5.41, 5.74) is 0.521. The van der Waals surface area contributed by atoms with E-state index in [1.54, 1.807) is 24.3 Å². The highest BCUT2D eigenvalue weighted by Crippen LogP contribution is 2.32. The van der Waals surface area contributed by atoms with Crippen LogP contribution in [0.2, 0.25) is 5.02 Å². The second kappa shape index (κ2) is 9.60. The van der Waals surface area contributed by atoms with Gasteiger partial charge in [-0.15, -0.1) is 12.4 Å². The molecule has 4 nitrogen and oxygen atoms in total. The molecule has 0 bridgehead atoms. The Kier molecular flexibility index (Phi) is 7.71. The van der Waals surface area contributed by atoms with E-state index < -0.39 is 11.6 Å². The molecule has 0 saturated heterocycles. The van der Waals surface area contributed by atoms with Gasteiger partial charge in [0.1, 0.15) is 11.3 Å². The summed E-state index contributed by atoms with van der Waals surface area (Å²) in [6.45, 7) is 1.18. The van der Waals surface area contributed by atoms with Gasteiger partial charge in [0.05, 0.1) is 4.70 Å². The molecular formula is C19H19Cl2F2N3OS. The Morgan fingerprint density at radius 3 is 2.46 bits per heavy atom. The molecule has 3 aromatic rings. The van der Waals surface area contributed by atoms with E-state index in [1.807, 2.05) is 19.0 Å². The maximum Gasteiger partial charge on any atom is 0.260 e. The van der Waals surface area contributed by atoms with Crippen LogP contribution in [0.1, 0.15) is 16.8 Å². The van der Waals surface area contributed by atoms with Crippen molar-refractivity contribution in [3.63, 3.8) is 0 Å². The third kappa shape index (κ3) is 5.17. The maximum absolute atomic E-state index is 14.0. The fourth-order valence-electron chi connectivity index (χ4n) is 2.64. The number of anilines is 1. The predicted molar refractivity (Wildman–Crippen MR) is 113 cm³/mol. The molecule has 1 amide bonds. The summed E-state index contributed by atoms with van der Waals surface area (Å²) in [5.74, 6) is -1.66. The molecule has 9 heteroatoms. The average molecular weight is 446 g/mol. The molecule has 0 aliphatic heterocycles. The Hall–Kier alpha value is -1.80. The first-order valence-electron chi connectivity index (χ1n) is 8.33. The standard InChI is InChI=1S/C19H18ClF2N3OS.ClH/c1-24(2)8-3-9-25(18(26)12-4-6-13(20)7-5-12)19-23-17-15(22)10-14(21)11-16(17)27-19;/h4-7,10-11H,3,8-9H2,1-2H3;1H. The van der Waals surface area contributed by atoms with Crippen LogP contribution in [0.5, 0.6) is 0 Å². The van der Waals surface area contributed by atoms with E-state index in [1.165, 1.54) is 11.0 Å². The average Bonchev–Trinajstić information content (AvgIpc) is 3.02. The minimum Gasteiger partial charge on any atom is -0.309 e. The zero-order valence-electron chi connectivity index (χ0n) is 15.3. The van der Waals surface area contributed by atoms with E-state index >= 15 is 0 Å². The number of nitrogens with zero attached hydrogens (tertiary/aromatic N) is 3. The summed E-state index contributed by atoms with van der Waals surface area (Å²) in [4.78, 5) is 20.8. The number of carbonyl (C=O) groups excluding carboxylic acids is 1. The van der Waals surface area contributed by atoms with E-state index in [2.05, 4.69) is 4.98 Å². The van der Waals surface area contributed by atoms with Gasteiger partial charge in [0.2, 0.25) is 0 Å². The smallest absolute Gasteiger partial charge is 0.260 e. The predicted octanol–water partition coefficient (Wildman–Crippen LogP) is 5.25. The lowest BCUT2D eigenvalue weighted by Crippen LogP contribution is -2.33. The van der Waals surface area contributed by atoms with Gasteiger partial charge in [0, 0.05) is 23.2 Å². The van der Waals surface area contributed by atoms with E-state index in [4.69, 9.17) is 11.6 Å². The van der Waals surface area contributed by atoms with Crippen LogP contribution in [0.3, 0.4) is 0 Å². The fraction of sp³-hybridized carbons (Fsp3) is 0.263. The molecule has 150 valence electrons. The maximum atomic E-state index is 14.0. The third-order valence-corrected chi connectivity index (χ3v) is 5.23. The number of rotatable bonds is 6. The molecule has 0 saturated carbocycles. The lowest BCUT2D eigenvalue weighted by atomic mass is 10.2. The van der Waals surface area contributed by atoms with Crippen molar-refractivity contribution in [1.29, 1.82) is 0 Å². The second-order valence-electron chi connectivity index (χ2n) is 6.35. The first-order valence-corrected chi connectivity index (χ1v) is 9.52. The molecule has 2 aromatic carbocycles. The van der Waals surface area contributed by atoms with Gasteiger partial charge >= 0.3 is 0 Å². The monoisotopic (exact) mass is 445 g/mol. The summed E-state index contributed by atoms with van der Waals surface area (Å²) in [5, 5.41) is 0.872. The first kappa shape index (κ1) is 22.5. The summed E-state index contributed by atoms with van der Waals surface area (Å²) in [6, 6.07) is 8.57. The number of halogens is 4. The van der Waals surface area contributed by atoms with E-state index in [9.17, 15) is 13.6 Å². The molecule has 0 atom stereocenters. The number of hydrogen-bond donors (Lipinski definition) is 0. The van der Waals surface area contributed by atoms with Gasteiger partial charge in [-0.3, -0.25) is 9.69 Å². The van der Waals surface area contributed by atoms with Crippen LogP contribution in [0.4, 0.5) is 13.9 Å². The number of hydrogen-bond acceptors (Lipinski definition) is 4. The molecule has 0 aliphatic rings. The Labute approximate surface area is 177 Å². The quantitative estimate of drug-likeness (QED) is 0.519. The van der Waals surface area contributed by atoms with Gasteiger partial charge in [-0.2, -0.15) is 0 Å². The van der Waals surface area contributed by atoms with Crippen molar-refractivity contribution < 1.29 is 13.6 Å². The van der Waals surface area contributed by atoms with Crippen molar-refractivity contribution >= 4 is 56.6 Å². The molecule has 0 spiro atoms. The number of thiazole rings is 1. The molecule has 1 heterocycles. The minimum atomic E-state index is -0.736. The van der Waals surface area contributed by atoms with Gasteiger partial charge in [0.15, 0.2) is 10.9 Å². The molecule has 0 N–H and O–H groups in total. The Balaban J connectivity index is 0.00000280. The van der Waals surface area contributed by atoms with Gasteiger partial charge in [-0.05, 0) is 57.4 Å². The number of aromatic nitrogens is 1. The van der Waals surface area contributed by atoms with Crippen LogP contribution in [0.15, 0.2) is 36.4 Å². The van der Waals surface area contributed by atoms with Crippen LogP contribution in [0.25, 0.3) is 10.2 Å². The highest BCUT2D eigenvalue weighted by molar-refractivity contribution is 7.22. The van der Waals surface area contributed by atoms with Crippen molar-refractivity contribution in [3.8, 4) is 0 Å². The Morgan fingerprint density at radius 1 is 1.14 bits per heavy atom. The summed E-state index contributed by atoms with van der Waals surface area (Å²) in [6.07, 6.45) is 0.707. The molecular weight excluding hydrogens is 427 g/mol. The normalized spacial score (nSPS) is 10.9. The van der Waals surface area contributed by atoms with Gasteiger partial charge < -0.3 is 4.90 Å². The number of fused-ring (bicyclic) bond motifs is 1. The SMILES string of the molecule is CN(C)CCCN(C(=O)c1ccc(Cl)cc1)c1nc2c(F)cc(F)cc2s1.Cl. The zero-order valence-corrected chi connectivity index (χ0v) is 17.7. The Morgan fingerprint density at radius 2 is 1.82 bits per heavy atom. The molecule has 28 heavy (non-hydrogen) atoms. The number of benzene rings is 2. The van der Waals surface area contributed by atoms with Crippen molar-refractivity contribution in [2.75, 3.05) is 32.1 Å². The molecule has 3 rings (SSSR count). The number of carbonyl (C=O) groups is 1. The van der Waals surface area contributed by atoms with Crippen LogP contribution >= 0.6 is 35.3 Å². The fourth-order valence-corrected chi connectivity index (χ4v) is 3.79. The van der Waals surface area contributed by atoms with Crippen molar-refractivity contribution in [2.45, 2.75) is 6.42 Å². The third-order valence-electron chi connectivity index (χ3n) is 3.96. The number of amides is 1. The summed E-state index contributed by atoms with van der Waals surface area (Å²) in [7, 11) is 3.89.